The van der Waals surface area contributed by atoms with Crippen LogP contribution in [0.5, 0.6) is 0 Å². The van der Waals surface area contributed by atoms with Crippen LogP contribution in [0.2, 0.25) is 0 Å². The first-order valence-electron chi connectivity index (χ1n) is 7.64. The van der Waals surface area contributed by atoms with Crippen molar-refractivity contribution in [1.82, 2.24) is 4.98 Å². The zero-order valence-corrected chi connectivity index (χ0v) is 14.9. The number of rotatable bonds is 2. The Morgan fingerprint density at radius 3 is 1.80 bits per heavy atom. The van der Waals surface area contributed by atoms with Gasteiger partial charge in [-0.3, -0.25) is 5.41 Å². The van der Waals surface area contributed by atoms with Crippen molar-refractivity contribution in [3.8, 4) is 0 Å². The highest BCUT2D eigenvalue weighted by molar-refractivity contribution is 5.88. The third-order valence-corrected chi connectivity index (χ3v) is 2.87. The van der Waals surface area contributed by atoms with Gasteiger partial charge in [0, 0.05) is 13.1 Å². The molecule has 1 fully saturated rings. The van der Waals surface area contributed by atoms with E-state index < -0.39 is 24.3 Å². The van der Waals surface area contributed by atoms with Gasteiger partial charge in [0.2, 0.25) is 0 Å². The van der Waals surface area contributed by atoms with Crippen LogP contribution in [0.3, 0.4) is 0 Å². The fraction of sp³-hybridized carbons (Fsp3) is 0.429. The molecule has 1 aromatic rings. The monoisotopic (exact) mass is 449 g/mol. The number of guanidine groups is 1. The summed E-state index contributed by atoms with van der Waals surface area (Å²) in [6.07, 6.45) is -8.39. The van der Waals surface area contributed by atoms with Crippen LogP contribution < -0.4 is 16.0 Å². The number of halogens is 6. The maximum Gasteiger partial charge on any atom is 0.490 e. The molecular weight excluding hydrogens is 432 g/mol. The van der Waals surface area contributed by atoms with Gasteiger partial charge < -0.3 is 30.9 Å². The van der Waals surface area contributed by atoms with E-state index in [0.717, 1.165) is 32.0 Å². The van der Waals surface area contributed by atoms with Crippen molar-refractivity contribution in [1.29, 1.82) is 5.41 Å². The van der Waals surface area contributed by atoms with E-state index in [0.29, 0.717) is 5.82 Å². The lowest BCUT2D eigenvalue weighted by atomic mass is 10.3. The fourth-order valence-corrected chi connectivity index (χ4v) is 1.61. The number of aromatic nitrogens is 1. The van der Waals surface area contributed by atoms with Crippen molar-refractivity contribution in [2.45, 2.75) is 12.4 Å². The standard InChI is InChI=1S/C10H15N5O.2C2HF3O2/c11-10(12)14-9-2-1-8(7-13-9)15-3-5-16-6-4-15;2*3-2(4,5)1(6)7/h1-2,7H,3-6H2,(H4,11,12,13,14);2*(H,6,7). The van der Waals surface area contributed by atoms with E-state index in [1.54, 1.807) is 6.20 Å². The molecule has 170 valence electrons. The molecule has 0 spiro atoms. The van der Waals surface area contributed by atoms with Gasteiger partial charge >= 0.3 is 24.3 Å². The first kappa shape index (κ1) is 26.7. The number of carboxylic acid groups (broad SMARTS) is 2. The number of anilines is 2. The normalized spacial score (nSPS) is 13.7. The van der Waals surface area contributed by atoms with Crippen LogP contribution in [0.15, 0.2) is 18.3 Å². The van der Waals surface area contributed by atoms with Crippen molar-refractivity contribution in [2.24, 2.45) is 5.73 Å². The molecule has 2 heterocycles. The SMILES string of the molecule is N=C(N)Nc1ccc(N2CCOCC2)cn1.O=C(O)C(F)(F)F.O=C(O)C(F)(F)F. The molecule has 1 saturated heterocycles. The Morgan fingerprint density at radius 1 is 1.07 bits per heavy atom. The average molecular weight is 449 g/mol. The quantitative estimate of drug-likeness (QED) is 0.256. The van der Waals surface area contributed by atoms with E-state index in [9.17, 15) is 26.3 Å². The summed E-state index contributed by atoms with van der Waals surface area (Å²) >= 11 is 0. The third-order valence-electron chi connectivity index (χ3n) is 2.87. The van der Waals surface area contributed by atoms with Crippen molar-refractivity contribution < 1.29 is 50.9 Å². The number of pyridine rings is 1. The molecule has 0 amide bonds. The van der Waals surface area contributed by atoms with Crippen LogP contribution in [-0.4, -0.2) is 71.8 Å². The van der Waals surface area contributed by atoms with Gasteiger partial charge in [0.05, 0.1) is 25.1 Å². The first-order chi connectivity index (χ1) is 13.6. The van der Waals surface area contributed by atoms with Gasteiger partial charge in [0.15, 0.2) is 5.96 Å². The number of morpholine rings is 1. The lowest BCUT2D eigenvalue weighted by molar-refractivity contribution is -0.193. The van der Waals surface area contributed by atoms with Gasteiger partial charge in [0.25, 0.3) is 0 Å². The second-order valence-corrected chi connectivity index (χ2v) is 5.15. The van der Waals surface area contributed by atoms with Crippen LogP contribution in [-0.2, 0) is 14.3 Å². The Morgan fingerprint density at radius 2 is 1.50 bits per heavy atom. The summed E-state index contributed by atoms with van der Waals surface area (Å²) < 4.78 is 68.8. The van der Waals surface area contributed by atoms with Crippen molar-refractivity contribution in [2.75, 3.05) is 36.5 Å². The van der Waals surface area contributed by atoms with Gasteiger partial charge in [-0.25, -0.2) is 14.6 Å². The molecule has 0 bridgehead atoms. The average Bonchev–Trinajstić information content (AvgIpc) is 2.62. The summed E-state index contributed by atoms with van der Waals surface area (Å²) in [7, 11) is 0. The number of hydrogen-bond donors (Lipinski definition) is 5. The fourth-order valence-electron chi connectivity index (χ4n) is 1.61. The molecule has 0 unspecified atom stereocenters. The van der Waals surface area contributed by atoms with Gasteiger partial charge in [-0.05, 0) is 12.1 Å². The zero-order chi connectivity index (χ0) is 23.5. The van der Waals surface area contributed by atoms with E-state index in [1.165, 1.54) is 0 Å². The second-order valence-electron chi connectivity index (χ2n) is 5.15. The molecule has 0 aromatic carbocycles. The molecule has 1 aromatic heterocycles. The molecule has 16 heteroatoms. The van der Waals surface area contributed by atoms with Crippen molar-refractivity contribution in [3.05, 3.63) is 18.3 Å². The highest BCUT2D eigenvalue weighted by Crippen LogP contribution is 2.16. The maximum atomic E-state index is 10.6. The lowest BCUT2D eigenvalue weighted by Gasteiger charge is -2.28. The summed E-state index contributed by atoms with van der Waals surface area (Å²) in [5.74, 6) is -5.03. The molecule has 30 heavy (non-hydrogen) atoms. The molecule has 0 aliphatic carbocycles. The number of ether oxygens (including phenoxy) is 1. The molecule has 1 aliphatic rings. The molecule has 0 atom stereocenters. The number of carboxylic acids is 2. The molecular formula is C14H17F6N5O5. The van der Waals surface area contributed by atoms with E-state index in [1.807, 2.05) is 12.1 Å². The van der Waals surface area contributed by atoms with Gasteiger partial charge in [-0.1, -0.05) is 0 Å². The number of aliphatic carboxylic acids is 2. The highest BCUT2D eigenvalue weighted by Gasteiger charge is 2.38. The van der Waals surface area contributed by atoms with Crippen LogP contribution >= 0.6 is 0 Å². The highest BCUT2D eigenvalue weighted by atomic mass is 19.4. The van der Waals surface area contributed by atoms with Crippen LogP contribution in [0.1, 0.15) is 0 Å². The second kappa shape index (κ2) is 11.6. The Kier molecular flexibility index (Phi) is 10.4. The summed E-state index contributed by atoms with van der Waals surface area (Å²) in [6.45, 7) is 3.29. The zero-order valence-electron chi connectivity index (χ0n) is 14.9. The molecule has 1 aliphatic heterocycles. The smallest absolute Gasteiger partial charge is 0.475 e. The van der Waals surface area contributed by atoms with Gasteiger partial charge in [-0.2, -0.15) is 26.3 Å². The van der Waals surface area contributed by atoms with Gasteiger partial charge in [-0.15, -0.1) is 0 Å². The minimum atomic E-state index is -5.08. The van der Waals surface area contributed by atoms with E-state index >= 15 is 0 Å². The Labute approximate surface area is 164 Å². The molecule has 2 rings (SSSR count). The Hall–Kier alpha value is -3.30. The third kappa shape index (κ3) is 11.5. The number of hydrogen-bond acceptors (Lipinski definition) is 6. The van der Waals surface area contributed by atoms with E-state index in [4.69, 9.17) is 35.7 Å². The van der Waals surface area contributed by atoms with Gasteiger partial charge in [0.1, 0.15) is 5.82 Å². The number of alkyl halides is 6. The molecule has 0 radical (unpaired) electrons. The molecule has 6 N–H and O–H groups in total. The Bertz CT molecular complexity index is 681. The minimum Gasteiger partial charge on any atom is -0.475 e. The number of nitrogens with one attached hydrogen (secondary N) is 2. The summed E-state index contributed by atoms with van der Waals surface area (Å²) in [6, 6.07) is 3.77. The lowest BCUT2D eigenvalue weighted by Crippen LogP contribution is -2.36. The number of carbonyl (C=O) groups is 2. The Balaban J connectivity index is 0.000000503. The van der Waals surface area contributed by atoms with Crippen molar-refractivity contribution in [3.63, 3.8) is 0 Å². The van der Waals surface area contributed by atoms with Crippen LogP contribution in [0.25, 0.3) is 0 Å². The summed E-state index contributed by atoms with van der Waals surface area (Å²) in [5, 5.41) is 24.0. The number of nitrogens with zero attached hydrogens (tertiary/aromatic N) is 2. The molecule has 10 nitrogen and oxygen atoms in total. The van der Waals surface area contributed by atoms with Crippen LogP contribution in [0.4, 0.5) is 37.8 Å². The number of nitrogens with two attached hydrogens (primary N) is 1. The topological polar surface area (TPSA) is 162 Å². The maximum absolute atomic E-state index is 10.6. The minimum absolute atomic E-state index is 0.105. The summed E-state index contributed by atoms with van der Waals surface area (Å²) in [5.41, 5.74) is 6.28. The largest absolute Gasteiger partial charge is 0.490 e. The van der Waals surface area contributed by atoms with E-state index in [2.05, 4.69) is 15.2 Å². The molecule has 0 saturated carbocycles. The van der Waals surface area contributed by atoms with E-state index in [-0.39, 0.29) is 5.96 Å². The van der Waals surface area contributed by atoms with Crippen LogP contribution in [0, 0.1) is 5.41 Å². The summed E-state index contributed by atoms with van der Waals surface area (Å²) in [4.78, 5) is 24.2. The predicted molar refractivity (Wildman–Crippen MR) is 90.2 cm³/mol. The predicted octanol–water partition coefficient (Wildman–Crippen LogP) is 1.49. The first-order valence-corrected chi connectivity index (χ1v) is 7.64. The van der Waals surface area contributed by atoms with Crippen molar-refractivity contribution >= 4 is 29.4 Å².